The molecule has 2 aromatic carbocycles. The number of nitrogen functional groups attached to an aromatic ring is 1. The Morgan fingerprint density at radius 3 is 2.20 bits per heavy atom. The normalized spacial score (nSPS) is 20.9. The Morgan fingerprint density at radius 1 is 0.967 bits per heavy atom. The van der Waals surface area contributed by atoms with Crippen molar-refractivity contribution in [3.8, 4) is 11.1 Å². The molecule has 30 heavy (non-hydrogen) atoms. The number of carbonyl (C=O) groups is 2. The minimum absolute atomic E-state index is 0.112. The number of rotatable bonds is 2. The zero-order valence-corrected chi connectivity index (χ0v) is 19.0. The summed E-state index contributed by atoms with van der Waals surface area (Å²) >= 11 is 0.926. The molecule has 1 heterocycles. The number of anilines is 1. The maximum absolute atomic E-state index is 11.9. The van der Waals surface area contributed by atoms with Crippen LogP contribution in [-0.2, 0) is 15.6 Å². The standard InChI is InChI=1S/C25H28N2O2S/c1-14-10-18-19(25(4,5)9-8-24(18,2)3)13-16(14)17-11-15(6-7-20(17)26)12-21-22(28)27-23(29)30-21/h6-7,10-13H,8-9,26H2,1-5H3,(H,27,28,29)/b21-12-. The monoisotopic (exact) mass is 420 g/mol. The lowest BCUT2D eigenvalue weighted by Gasteiger charge is -2.42. The van der Waals surface area contributed by atoms with E-state index in [2.05, 4.69) is 52.1 Å². The third-order valence-corrected chi connectivity index (χ3v) is 7.32. The molecule has 3 N–H and O–H groups in total. The summed E-state index contributed by atoms with van der Waals surface area (Å²) in [6.07, 6.45) is 4.07. The quantitative estimate of drug-likeness (QED) is 0.467. The molecule has 5 heteroatoms. The van der Waals surface area contributed by atoms with Crippen LogP contribution >= 0.6 is 11.8 Å². The summed E-state index contributed by atoms with van der Waals surface area (Å²) in [6.45, 7) is 11.4. The van der Waals surface area contributed by atoms with Gasteiger partial charge in [-0.1, -0.05) is 39.8 Å². The number of nitrogens with one attached hydrogen (secondary N) is 1. The van der Waals surface area contributed by atoms with Gasteiger partial charge in [-0.05, 0) is 94.4 Å². The van der Waals surface area contributed by atoms with Crippen LogP contribution in [0.5, 0.6) is 0 Å². The lowest BCUT2D eigenvalue weighted by atomic mass is 9.62. The van der Waals surface area contributed by atoms with Crippen molar-refractivity contribution in [2.75, 3.05) is 5.73 Å². The Labute approximate surface area is 182 Å². The van der Waals surface area contributed by atoms with Gasteiger partial charge in [0.2, 0.25) is 0 Å². The molecule has 0 unspecified atom stereocenters. The van der Waals surface area contributed by atoms with E-state index in [1.165, 1.54) is 23.1 Å². The lowest BCUT2D eigenvalue weighted by molar-refractivity contribution is -0.115. The van der Waals surface area contributed by atoms with E-state index in [1.807, 2.05) is 18.2 Å². The van der Waals surface area contributed by atoms with E-state index in [0.717, 1.165) is 34.9 Å². The summed E-state index contributed by atoms with van der Waals surface area (Å²) < 4.78 is 0. The molecule has 0 saturated carbocycles. The maximum atomic E-state index is 11.9. The van der Waals surface area contributed by atoms with E-state index < -0.39 is 0 Å². The van der Waals surface area contributed by atoms with Gasteiger partial charge in [0.15, 0.2) is 0 Å². The first-order valence-corrected chi connectivity index (χ1v) is 11.1. The van der Waals surface area contributed by atoms with Crippen LogP contribution < -0.4 is 11.1 Å². The molecule has 0 bridgehead atoms. The molecule has 4 nitrogen and oxygen atoms in total. The molecule has 4 rings (SSSR count). The average Bonchev–Trinajstić information content (AvgIpc) is 2.97. The van der Waals surface area contributed by atoms with Gasteiger partial charge >= 0.3 is 0 Å². The van der Waals surface area contributed by atoms with E-state index in [9.17, 15) is 9.59 Å². The highest BCUT2D eigenvalue weighted by atomic mass is 32.2. The second-order valence-electron chi connectivity index (χ2n) is 9.68. The van der Waals surface area contributed by atoms with E-state index >= 15 is 0 Å². The fourth-order valence-electron chi connectivity index (χ4n) is 4.48. The van der Waals surface area contributed by atoms with Crippen molar-refractivity contribution in [1.29, 1.82) is 0 Å². The number of carbonyl (C=O) groups excluding carboxylic acids is 2. The van der Waals surface area contributed by atoms with Crippen molar-refractivity contribution in [1.82, 2.24) is 5.32 Å². The van der Waals surface area contributed by atoms with Gasteiger partial charge in [-0.3, -0.25) is 14.9 Å². The number of hydrogen-bond donors (Lipinski definition) is 2. The Balaban J connectivity index is 1.84. The molecule has 2 aliphatic rings. The van der Waals surface area contributed by atoms with Gasteiger partial charge < -0.3 is 5.73 Å². The van der Waals surface area contributed by atoms with Crippen molar-refractivity contribution in [3.63, 3.8) is 0 Å². The number of thioether (sulfide) groups is 1. The third-order valence-electron chi connectivity index (χ3n) is 6.51. The predicted octanol–water partition coefficient (Wildman–Crippen LogP) is 5.92. The highest BCUT2D eigenvalue weighted by molar-refractivity contribution is 8.18. The van der Waals surface area contributed by atoms with Crippen LogP contribution in [0.2, 0.25) is 0 Å². The van der Waals surface area contributed by atoms with Crippen LogP contribution in [0.1, 0.15) is 62.8 Å². The predicted molar refractivity (Wildman–Crippen MR) is 125 cm³/mol. The Kier molecular flexibility index (Phi) is 4.85. The minimum atomic E-state index is -0.350. The highest BCUT2D eigenvalue weighted by Gasteiger charge is 2.37. The van der Waals surface area contributed by atoms with Gasteiger partial charge in [-0.15, -0.1) is 0 Å². The van der Waals surface area contributed by atoms with Crippen molar-refractivity contribution in [3.05, 3.63) is 57.5 Å². The minimum Gasteiger partial charge on any atom is -0.398 e. The van der Waals surface area contributed by atoms with Crippen LogP contribution in [0.25, 0.3) is 17.2 Å². The molecule has 2 amide bonds. The van der Waals surface area contributed by atoms with Crippen LogP contribution in [0.3, 0.4) is 0 Å². The van der Waals surface area contributed by atoms with Crippen LogP contribution in [0, 0.1) is 6.92 Å². The van der Waals surface area contributed by atoms with Gasteiger partial charge in [0, 0.05) is 11.3 Å². The molecule has 1 fully saturated rings. The highest BCUT2D eigenvalue weighted by Crippen LogP contribution is 2.48. The number of imide groups is 1. The molecule has 1 saturated heterocycles. The molecule has 2 aromatic rings. The van der Waals surface area contributed by atoms with Gasteiger partial charge in [-0.25, -0.2) is 0 Å². The van der Waals surface area contributed by atoms with Gasteiger partial charge in [0.05, 0.1) is 4.91 Å². The van der Waals surface area contributed by atoms with Gasteiger partial charge in [0.25, 0.3) is 11.1 Å². The van der Waals surface area contributed by atoms with Crippen molar-refractivity contribution >= 4 is 34.7 Å². The van der Waals surface area contributed by atoms with Gasteiger partial charge in [-0.2, -0.15) is 0 Å². The molecule has 0 aromatic heterocycles. The molecule has 0 spiro atoms. The summed E-state index contributed by atoms with van der Waals surface area (Å²) in [6, 6.07) is 10.4. The van der Waals surface area contributed by atoms with E-state index in [-0.39, 0.29) is 22.0 Å². The van der Waals surface area contributed by atoms with E-state index in [1.54, 1.807) is 6.08 Å². The average molecular weight is 421 g/mol. The van der Waals surface area contributed by atoms with Crippen LogP contribution in [0.15, 0.2) is 35.2 Å². The first kappa shape index (κ1) is 20.7. The topological polar surface area (TPSA) is 72.2 Å². The fraction of sp³-hybridized carbons (Fsp3) is 0.360. The fourth-order valence-corrected chi connectivity index (χ4v) is 5.16. The van der Waals surface area contributed by atoms with Crippen molar-refractivity contribution in [2.45, 2.75) is 58.3 Å². The number of amides is 2. The first-order chi connectivity index (χ1) is 14.0. The number of fused-ring (bicyclic) bond motifs is 1. The lowest BCUT2D eigenvalue weighted by Crippen LogP contribution is -2.34. The molecular formula is C25H28N2O2S. The molecule has 0 radical (unpaired) electrons. The molecule has 1 aliphatic carbocycles. The zero-order chi connectivity index (χ0) is 21.8. The molecule has 1 aliphatic heterocycles. The number of benzene rings is 2. The van der Waals surface area contributed by atoms with E-state index in [4.69, 9.17) is 5.73 Å². The third kappa shape index (κ3) is 3.56. The number of nitrogens with two attached hydrogens (primary N) is 1. The zero-order valence-electron chi connectivity index (χ0n) is 18.2. The smallest absolute Gasteiger partial charge is 0.290 e. The Hall–Kier alpha value is -2.53. The SMILES string of the molecule is Cc1cc2c(cc1-c1cc(/C=C3\SC(=O)NC3=O)ccc1N)C(C)(C)CCC2(C)C. The Bertz CT molecular complexity index is 1110. The van der Waals surface area contributed by atoms with Crippen molar-refractivity contribution in [2.24, 2.45) is 0 Å². The number of hydrogen-bond acceptors (Lipinski definition) is 4. The Morgan fingerprint density at radius 2 is 1.60 bits per heavy atom. The summed E-state index contributed by atoms with van der Waals surface area (Å²) in [5.74, 6) is -0.350. The van der Waals surface area contributed by atoms with Crippen molar-refractivity contribution < 1.29 is 9.59 Å². The largest absolute Gasteiger partial charge is 0.398 e. The summed E-state index contributed by atoms with van der Waals surface area (Å²) in [4.78, 5) is 23.8. The molecule has 156 valence electrons. The van der Waals surface area contributed by atoms with Crippen LogP contribution in [-0.4, -0.2) is 11.1 Å². The van der Waals surface area contributed by atoms with E-state index in [0.29, 0.717) is 10.6 Å². The summed E-state index contributed by atoms with van der Waals surface area (Å²) in [5.41, 5.74) is 14.3. The summed E-state index contributed by atoms with van der Waals surface area (Å²) in [5, 5.41) is 1.96. The van der Waals surface area contributed by atoms with Crippen LogP contribution in [0.4, 0.5) is 10.5 Å². The maximum Gasteiger partial charge on any atom is 0.290 e. The molecular weight excluding hydrogens is 392 g/mol. The second-order valence-corrected chi connectivity index (χ2v) is 10.7. The number of aryl methyl sites for hydroxylation is 1. The molecule has 0 atom stereocenters. The summed E-state index contributed by atoms with van der Waals surface area (Å²) in [7, 11) is 0. The first-order valence-electron chi connectivity index (χ1n) is 10.3. The van der Waals surface area contributed by atoms with Gasteiger partial charge in [0.1, 0.15) is 0 Å². The second kappa shape index (κ2) is 7.02.